The van der Waals surface area contributed by atoms with Gasteiger partial charge in [-0.2, -0.15) is 0 Å². The Hall–Kier alpha value is -2.17. The molecule has 0 aliphatic heterocycles. The zero-order chi connectivity index (χ0) is 12.4. The molecule has 1 aromatic carbocycles. The van der Waals surface area contributed by atoms with Crippen LogP contribution in [0.3, 0.4) is 0 Å². The van der Waals surface area contributed by atoms with Gasteiger partial charge in [0, 0.05) is 17.2 Å². The zero-order valence-electron chi connectivity index (χ0n) is 9.57. The number of nitrogens with two attached hydrogens (primary N) is 1. The molecule has 0 aliphatic carbocycles. The van der Waals surface area contributed by atoms with E-state index in [4.69, 9.17) is 10.5 Å². The summed E-state index contributed by atoms with van der Waals surface area (Å²) in [5.74, 6) is 0.470. The highest BCUT2D eigenvalue weighted by Crippen LogP contribution is 2.32. The molecule has 0 radical (unpaired) electrons. The van der Waals surface area contributed by atoms with Crippen LogP contribution in [0.4, 0.5) is 10.2 Å². The lowest BCUT2D eigenvalue weighted by molar-refractivity contribution is 0.413. The van der Waals surface area contributed by atoms with Crippen LogP contribution in [0.1, 0.15) is 5.56 Å². The number of hydrogen-bond donors (Lipinski definition) is 1. The van der Waals surface area contributed by atoms with E-state index in [1.54, 1.807) is 6.07 Å². The van der Waals surface area contributed by atoms with E-state index in [0.717, 1.165) is 5.56 Å². The first-order valence-corrected chi connectivity index (χ1v) is 5.04. The summed E-state index contributed by atoms with van der Waals surface area (Å²) in [6, 6.07) is 4.28. The molecule has 0 aliphatic rings. The number of aromatic nitrogens is 2. The minimum absolute atomic E-state index is 0.356. The third kappa shape index (κ3) is 2.04. The molecule has 0 fully saturated rings. The minimum atomic E-state index is -0.356. The van der Waals surface area contributed by atoms with E-state index in [-0.39, 0.29) is 5.82 Å². The first-order chi connectivity index (χ1) is 8.13. The Morgan fingerprint density at radius 2 is 2.06 bits per heavy atom. The molecule has 4 nitrogen and oxygen atoms in total. The van der Waals surface area contributed by atoms with Gasteiger partial charge in [-0.05, 0) is 19.1 Å². The molecule has 0 bridgehead atoms. The summed E-state index contributed by atoms with van der Waals surface area (Å²) in [4.78, 5) is 8.04. The molecule has 1 aromatic heterocycles. The van der Waals surface area contributed by atoms with Crippen molar-refractivity contribution in [1.82, 2.24) is 9.97 Å². The van der Waals surface area contributed by atoms with Gasteiger partial charge in [0.15, 0.2) is 0 Å². The minimum Gasteiger partial charge on any atom is -0.496 e. The summed E-state index contributed by atoms with van der Waals surface area (Å²) in [6.07, 6.45) is 1.38. The van der Waals surface area contributed by atoms with Crippen LogP contribution >= 0.6 is 0 Å². The average molecular weight is 233 g/mol. The second-order valence-corrected chi connectivity index (χ2v) is 3.58. The van der Waals surface area contributed by atoms with E-state index in [2.05, 4.69) is 9.97 Å². The van der Waals surface area contributed by atoms with Crippen LogP contribution in [0.2, 0.25) is 0 Å². The molecule has 2 rings (SSSR count). The van der Waals surface area contributed by atoms with Gasteiger partial charge in [0.1, 0.15) is 23.7 Å². The van der Waals surface area contributed by atoms with Crippen LogP contribution in [-0.2, 0) is 0 Å². The molecule has 1 heterocycles. The van der Waals surface area contributed by atoms with Crippen LogP contribution in [0.5, 0.6) is 5.75 Å². The summed E-state index contributed by atoms with van der Waals surface area (Å²) in [7, 11) is 1.48. The molecular weight excluding hydrogens is 221 g/mol. The fourth-order valence-electron chi connectivity index (χ4n) is 1.60. The maximum absolute atomic E-state index is 13.1. The van der Waals surface area contributed by atoms with Crippen molar-refractivity contribution in [3.8, 4) is 17.0 Å². The molecular formula is C12H12FN3O. The number of nitrogen functional groups attached to an aromatic ring is 1. The summed E-state index contributed by atoms with van der Waals surface area (Å²) in [5.41, 5.74) is 7.80. The molecule has 0 saturated heterocycles. The van der Waals surface area contributed by atoms with Gasteiger partial charge in [-0.15, -0.1) is 0 Å². The lowest BCUT2D eigenvalue weighted by Crippen LogP contribution is -1.99. The van der Waals surface area contributed by atoms with Crippen molar-refractivity contribution in [2.45, 2.75) is 6.92 Å². The Kier molecular flexibility index (Phi) is 2.91. The van der Waals surface area contributed by atoms with Crippen LogP contribution in [-0.4, -0.2) is 17.1 Å². The Morgan fingerprint density at radius 3 is 2.76 bits per heavy atom. The lowest BCUT2D eigenvalue weighted by Gasteiger charge is -2.10. The third-order valence-electron chi connectivity index (χ3n) is 2.54. The van der Waals surface area contributed by atoms with Crippen molar-refractivity contribution in [2.24, 2.45) is 0 Å². The van der Waals surface area contributed by atoms with Gasteiger partial charge in [0.2, 0.25) is 0 Å². The van der Waals surface area contributed by atoms with E-state index in [1.807, 2.05) is 6.92 Å². The highest BCUT2D eigenvalue weighted by Gasteiger charge is 2.12. The van der Waals surface area contributed by atoms with E-state index in [9.17, 15) is 4.39 Å². The van der Waals surface area contributed by atoms with Crippen molar-refractivity contribution in [1.29, 1.82) is 0 Å². The van der Waals surface area contributed by atoms with Gasteiger partial charge in [0.05, 0.1) is 12.8 Å². The van der Waals surface area contributed by atoms with Crippen molar-refractivity contribution in [2.75, 3.05) is 12.8 Å². The standard InChI is InChI=1S/C12H12FN3O/c1-7-11(15-6-16-12(7)14)9-4-3-8(13)5-10(9)17-2/h3-6H,1-2H3,(H2,14,15,16). The van der Waals surface area contributed by atoms with Crippen LogP contribution in [0.25, 0.3) is 11.3 Å². The number of benzene rings is 1. The molecule has 0 saturated carbocycles. The van der Waals surface area contributed by atoms with Gasteiger partial charge in [-0.3, -0.25) is 0 Å². The SMILES string of the molecule is COc1cc(F)ccc1-c1ncnc(N)c1C. The predicted octanol–water partition coefficient (Wildman–Crippen LogP) is 2.18. The van der Waals surface area contributed by atoms with Gasteiger partial charge >= 0.3 is 0 Å². The van der Waals surface area contributed by atoms with E-state index in [0.29, 0.717) is 22.8 Å². The second kappa shape index (κ2) is 4.37. The van der Waals surface area contributed by atoms with E-state index < -0.39 is 0 Å². The van der Waals surface area contributed by atoms with Gasteiger partial charge in [-0.25, -0.2) is 14.4 Å². The number of methoxy groups -OCH3 is 1. The number of anilines is 1. The highest BCUT2D eigenvalue weighted by atomic mass is 19.1. The fraction of sp³-hybridized carbons (Fsp3) is 0.167. The zero-order valence-corrected chi connectivity index (χ0v) is 9.57. The third-order valence-corrected chi connectivity index (χ3v) is 2.54. The maximum atomic E-state index is 13.1. The topological polar surface area (TPSA) is 61.0 Å². The average Bonchev–Trinajstić information content (AvgIpc) is 2.33. The molecule has 0 atom stereocenters. The van der Waals surface area contributed by atoms with Gasteiger partial charge < -0.3 is 10.5 Å². The Bertz CT molecular complexity index is 557. The molecule has 2 N–H and O–H groups in total. The Balaban J connectivity index is 2.64. The summed E-state index contributed by atoms with van der Waals surface area (Å²) in [6.45, 7) is 1.81. The quantitative estimate of drug-likeness (QED) is 0.863. The summed E-state index contributed by atoms with van der Waals surface area (Å²) < 4.78 is 18.2. The molecule has 0 spiro atoms. The fourth-order valence-corrected chi connectivity index (χ4v) is 1.60. The number of hydrogen-bond acceptors (Lipinski definition) is 4. The monoisotopic (exact) mass is 233 g/mol. The van der Waals surface area contributed by atoms with Crippen LogP contribution < -0.4 is 10.5 Å². The van der Waals surface area contributed by atoms with E-state index >= 15 is 0 Å². The van der Waals surface area contributed by atoms with Crippen molar-refractivity contribution < 1.29 is 9.13 Å². The molecule has 0 unspecified atom stereocenters. The van der Waals surface area contributed by atoms with Gasteiger partial charge in [0.25, 0.3) is 0 Å². The van der Waals surface area contributed by atoms with Crippen molar-refractivity contribution in [3.05, 3.63) is 35.9 Å². The number of nitrogens with zero attached hydrogens (tertiary/aromatic N) is 2. The van der Waals surface area contributed by atoms with Gasteiger partial charge in [-0.1, -0.05) is 0 Å². The lowest BCUT2D eigenvalue weighted by atomic mass is 10.1. The highest BCUT2D eigenvalue weighted by molar-refractivity contribution is 5.72. The largest absolute Gasteiger partial charge is 0.496 e. The molecule has 5 heteroatoms. The molecule has 0 amide bonds. The predicted molar refractivity (Wildman–Crippen MR) is 63.1 cm³/mol. The van der Waals surface area contributed by atoms with Crippen LogP contribution in [0, 0.1) is 12.7 Å². The van der Waals surface area contributed by atoms with Crippen LogP contribution in [0.15, 0.2) is 24.5 Å². The second-order valence-electron chi connectivity index (χ2n) is 3.58. The number of rotatable bonds is 2. The van der Waals surface area contributed by atoms with Crippen molar-refractivity contribution in [3.63, 3.8) is 0 Å². The van der Waals surface area contributed by atoms with E-state index in [1.165, 1.54) is 25.6 Å². The Morgan fingerprint density at radius 1 is 1.29 bits per heavy atom. The normalized spacial score (nSPS) is 10.3. The molecule has 17 heavy (non-hydrogen) atoms. The number of halogens is 1. The smallest absolute Gasteiger partial charge is 0.131 e. The molecule has 2 aromatic rings. The Labute approximate surface area is 98.3 Å². The number of ether oxygens (including phenoxy) is 1. The van der Waals surface area contributed by atoms with Crippen molar-refractivity contribution >= 4 is 5.82 Å². The first-order valence-electron chi connectivity index (χ1n) is 5.04. The molecule has 88 valence electrons. The summed E-state index contributed by atoms with van der Waals surface area (Å²) in [5, 5.41) is 0. The maximum Gasteiger partial charge on any atom is 0.131 e. The summed E-state index contributed by atoms with van der Waals surface area (Å²) >= 11 is 0. The first kappa shape index (κ1) is 11.3.